The second-order valence-electron chi connectivity index (χ2n) is 4.89. The van der Waals surface area contributed by atoms with Crippen molar-refractivity contribution in [1.82, 2.24) is 4.98 Å². The molecule has 0 unspecified atom stereocenters. The zero-order valence-electron chi connectivity index (χ0n) is 11.7. The summed E-state index contributed by atoms with van der Waals surface area (Å²) in [5, 5.41) is 11.6. The lowest BCUT2D eigenvalue weighted by Crippen LogP contribution is -1.86. The average molecular weight is 331 g/mol. The van der Waals surface area contributed by atoms with Crippen LogP contribution < -0.4 is 0 Å². The van der Waals surface area contributed by atoms with Gasteiger partial charge in [-0.05, 0) is 30.7 Å². The van der Waals surface area contributed by atoms with Crippen LogP contribution in [0.5, 0.6) is 5.75 Å². The second kappa shape index (κ2) is 5.95. The molecule has 0 bridgehead atoms. The van der Waals surface area contributed by atoms with Crippen molar-refractivity contribution in [3.63, 3.8) is 0 Å². The summed E-state index contributed by atoms with van der Waals surface area (Å²) in [5.41, 5.74) is 3.03. The first kappa shape index (κ1) is 14.8. The molecule has 0 aliphatic rings. The van der Waals surface area contributed by atoms with Crippen LogP contribution in [0.15, 0.2) is 47.6 Å². The smallest absolute Gasteiger partial charge is 0.143 e. The minimum atomic E-state index is -0.0411. The second-order valence-corrected chi connectivity index (χ2v) is 5.73. The number of halogens is 2. The first-order valence-corrected chi connectivity index (χ1v) is 7.38. The van der Waals surface area contributed by atoms with Gasteiger partial charge in [0.25, 0.3) is 0 Å². The Hall–Kier alpha value is -2.10. The molecule has 0 fully saturated rings. The Morgan fingerprint density at radius 1 is 1.18 bits per heavy atom. The largest absolute Gasteiger partial charge is 0.506 e. The number of fused-ring (bicyclic) bond motifs is 1. The third-order valence-corrected chi connectivity index (χ3v) is 3.85. The van der Waals surface area contributed by atoms with Crippen molar-refractivity contribution in [3.05, 3.63) is 63.8 Å². The number of aromatic hydroxyl groups is 1. The minimum Gasteiger partial charge on any atom is -0.506 e. The van der Waals surface area contributed by atoms with E-state index in [9.17, 15) is 5.11 Å². The van der Waals surface area contributed by atoms with Crippen molar-refractivity contribution in [2.24, 2.45) is 4.99 Å². The van der Waals surface area contributed by atoms with E-state index < -0.39 is 0 Å². The fraction of sp³-hybridized carbons (Fsp3) is 0.0588. The topological polar surface area (TPSA) is 45.5 Å². The monoisotopic (exact) mass is 330 g/mol. The number of hydrogen-bond acceptors (Lipinski definition) is 3. The molecule has 3 nitrogen and oxygen atoms in total. The summed E-state index contributed by atoms with van der Waals surface area (Å²) in [5.74, 6) is -0.0411. The number of hydrogen-bond donors (Lipinski definition) is 1. The molecule has 0 spiro atoms. The van der Waals surface area contributed by atoms with Crippen LogP contribution in [0.3, 0.4) is 0 Å². The van der Waals surface area contributed by atoms with Crippen molar-refractivity contribution in [2.75, 3.05) is 0 Å². The van der Waals surface area contributed by atoms with Gasteiger partial charge in [0.05, 0.1) is 16.2 Å². The molecule has 0 saturated heterocycles. The normalized spacial score (nSPS) is 11.4. The number of phenols is 1. The number of nitrogens with zero attached hydrogens (tertiary/aromatic N) is 2. The third kappa shape index (κ3) is 2.78. The summed E-state index contributed by atoms with van der Waals surface area (Å²) in [6.07, 6.45) is 3.28. The summed E-state index contributed by atoms with van der Waals surface area (Å²) in [6, 6.07) is 11.0. The molecule has 0 amide bonds. The fourth-order valence-corrected chi connectivity index (χ4v) is 2.72. The van der Waals surface area contributed by atoms with E-state index in [1.807, 2.05) is 31.2 Å². The summed E-state index contributed by atoms with van der Waals surface area (Å²) in [4.78, 5) is 8.87. The standard InChI is InChI=1S/C17H12Cl2N2O/c1-10-4-5-11-3-2-6-20-16(11)15(10)21-9-12-7-13(18)8-14(19)17(12)22/h2-9,22H,1H3. The predicted molar refractivity (Wildman–Crippen MR) is 91.9 cm³/mol. The van der Waals surface area contributed by atoms with Gasteiger partial charge in [0, 0.05) is 28.4 Å². The number of benzene rings is 2. The summed E-state index contributed by atoms with van der Waals surface area (Å²) < 4.78 is 0. The lowest BCUT2D eigenvalue weighted by molar-refractivity contribution is 0.475. The van der Waals surface area contributed by atoms with Crippen LogP contribution in [0.2, 0.25) is 10.0 Å². The molecule has 22 heavy (non-hydrogen) atoms. The van der Waals surface area contributed by atoms with Gasteiger partial charge in [0.2, 0.25) is 0 Å². The molecule has 0 saturated carbocycles. The fourth-order valence-electron chi connectivity index (χ4n) is 2.21. The van der Waals surface area contributed by atoms with Gasteiger partial charge in [0.15, 0.2) is 0 Å². The Bertz CT molecular complexity index is 891. The highest BCUT2D eigenvalue weighted by Gasteiger charge is 2.08. The highest BCUT2D eigenvalue weighted by atomic mass is 35.5. The molecule has 1 N–H and O–H groups in total. The average Bonchev–Trinajstić information content (AvgIpc) is 2.50. The number of phenolic OH excluding ortho intramolecular Hbond substituents is 1. The zero-order valence-corrected chi connectivity index (χ0v) is 13.2. The lowest BCUT2D eigenvalue weighted by Gasteiger charge is -2.06. The minimum absolute atomic E-state index is 0.0411. The summed E-state index contributed by atoms with van der Waals surface area (Å²) >= 11 is 11.9. The maximum absolute atomic E-state index is 9.99. The van der Waals surface area contributed by atoms with Crippen LogP contribution in [-0.2, 0) is 0 Å². The van der Waals surface area contributed by atoms with Crippen LogP contribution in [-0.4, -0.2) is 16.3 Å². The molecule has 1 heterocycles. The third-order valence-electron chi connectivity index (χ3n) is 3.34. The summed E-state index contributed by atoms with van der Waals surface area (Å²) in [6.45, 7) is 1.96. The van der Waals surface area contributed by atoms with Crippen LogP contribution in [0.25, 0.3) is 10.9 Å². The SMILES string of the molecule is Cc1ccc2cccnc2c1N=Cc1cc(Cl)cc(Cl)c1O. The van der Waals surface area contributed by atoms with Crippen LogP contribution >= 0.6 is 23.2 Å². The first-order chi connectivity index (χ1) is 10.6. The van der Waals surface area contributed by atoms with Crippen molar-refractivity contribution in [3.8, 4) is 5.75 Å². The van der Waals surface area contributed by atoms with E-state index in [2.05, 4.69) is 9.98 Å². The highest BCUT2D eigenvalue weighted by Crippen LogP contribution is 2.32. The van der Waals surface area contributed by atoms with Crippen molar-refractivity contribution in [2.45, 2.75) is 6.92 Å². The van der Waals surface area contributed by atoms with E-state index in [0.717, 1.165) is 22.2 Å². The van der Waals surface area contributed by atoms with Gasteiger partial charge in [-0.15, -0.1) is 0 Å². The van der Waals surface area contributed by atoms with E-state index in [1.54, 1.807) is 18.5 Å². The van der Waals surface area contributed by atoms with Crippen molar-refractivity contribution >= 4 is 46.0 Å². The van der Waals surface area contributed by atoms with Gasteiger partial charge >= 0.3 is 0 Å². The van der Waals surface area contributed by atoms with Gasteiger partial charge in [-0.2, -0.15) is 0 Å². The Morgan fingerprint density at radius 2 is 2.00 bits per heavy atom. The van der Waals surface area contributed by atoms with E-state index >= 15 is 0 Å². The quantitative estimate of drug-likeness (QED) is 0.647. The van der Waals surface area contributed by atoms with Crippen LogP contribution in [0.1, 0.15) is 11.1 Å². The number of aryl methyl sites for hydroxylation is 1. The first-order valence-electron chi connectivity index (χ1n) is 6.62. The van der Waals surface area contributed by atoms with Gasteiger partial charge in [-0.25, -0.2) is 0 Å². The van der Waals surface area contributed by atoms with E-state index in [0.29, 0.717) is 10.6 Å². The molecule has 1 aromatic heterocycles. The Kier molecular flexibility index (Phi) is 4.01. The number of pyridine rings is 1. The molecular weight excluding hydrogens is 319 g/mol. The number of rotatable bonds is 2. The van der Waals surface area contributed by atoms with E-state index in [-0.39, 0.29) is 10.8 Å². The lowest BCUT2D eigenvalue weighted by atomic mass is 10.1. The number of aliphatic imine (C=N–C) groups is 1. The highest BCUT2D eigenvalue weighted by molar-refractivity contribution is 6.36. The molecule has 3 rings (SSSR count). The van der Waals surface area contributed by atoms with Gasteiger partial charge < -0.3 is 5.11 Å². The van der Waals surface area contributed by atoms with Crippen LogP contribution in [0.4, 0.5) is 5.69 Å². The molecule has 110 valence electrons. The van der Waals surface area contributed by atoms with E-state index in [4.69, 9.17) is 23.2 Å². The number of aromatic nitrogens is 1. The Balaban J connectivity index is 2.12. The molecule has 5 heteroatoms. The van der Waals surface area contributed by atoms with Gasteiger partial charge in [-0.1, -0.05) is 41.4 Å². The molecule has 0 atom stereocenters. The van der Waals surface area contributed by atoms with E-state index in [1.165, 1.54) is 6.07 Å². The molecule has 3 aromatic rings. The van der Waals surface area contributed by atoms with Crippen LogP contribution in [0, 0.1) is 6.92 Å². The molecule has 0 radical (unpaired) electrons. The maximum atomic E-state index is 9.99. The summed E-state index contributed by atoms with van der Waals surface area (Å²) in [7, 11) is 0. The molecular formula is C17H12Cl2N2O. The maximum Gasteiger partial charge on any atom is 0.143 e. The zero-order chi connectivity index (χ0) is 15.7. The van der Waals surface area contributed by atoms with Gasteiger partial charge in [0.1, 0.15) is 5.75 Å². The molecule has 0 aliphatic heterocycles. The molecule has 0 aliphatic carbocycles. The predicted octanol–water partition coefficient (Wildman–Crippen LogP) is 5.31. The Morgan fingerprint density at radius 3 is 2.82 bits per heavy atom. The molecule has 2 aromatic carbocycles. The van der Waals surface area contributed by atoms with Crippen molar-refractivity contribution in [1.29, 1.82) is 0 Å². The Labute approximate surface area is 137 Å². The van der Waals surface area contributed by atoms with Crippen molar-refractivity contribution < 1.29 is 5.11 Å². The van der Waals surface area contributed by atoms with Gasteiger partial charge in [-0.3, -0.25) is 9.98 Å².